The topological polar surface area (TPSA) is 12.9 Å². The second-order valence-electron chi connectivity index (χ2n) is 3.51. The van der Waals surface area contributed by atoms with Crippen LogP contribution in [0.2, 0.25) is 0 Å². The summed E-state index contributed by atoms with van der Waals surface area (Å²) in [5.74, 6) is 0. The summed E-state index contributed by atoms with van der Waals surface area (Å²) in [6.45, 7) is 8.50. The van der Waals surface area contributed by atoms with Gasteiger partial charge < -0.3 is 0 Å². The fourth-order valence-electron chi connectivity index (χ4n) is 1.75. The Morgan fingerprint density at radius 1 is 1.14 bits per heavy atom. The van der Waals surface area contributed by atoms with Crippen LogP contribution in [0.5, 0.6) is 0 Å². The Hall–Kier alpha value is -0.600. The summed E-state index contributed by atoms with van der Waals surface area (Å²) in [5, 5.41) is 1.35. The zero-order valence-corrected chi connectivity index (χ0v) is 10.5. The number of pyridine rings is 1. The van der Waals surface area contributed by atoms with E-state index in [1.54, 1.807) is 0 Å². The van der Waals surface area contributed by atoms with Gasteiger partial charge in [0.25, 0.3) is 0 Å². The molecule has 2 rings (SSSR count). The standard InChI is InChI=1S/C11H13NS.ClH/c1-6-5-10-11(8(3)12-6)7(2)9(4)13-10;/h5H,1-4H3;1H. The molecule has 2 aromatic rings. The predicted octanol–water partition coefficient (Wildman–Crippen LogP) is 3.95. The molecule has 1 nitrogen and oxygen atoms in total. The summed E-state index contributed by atoms with van der Waals surface area (Å²) in [7, 11) is 0. The summed E-state index contributed by atoms with van der Waals surface area (Å²) in [4.78, 5) is 5.89. The lowest BCUT2D eigenvalue weighted by Gasteiger charge is -1.99. The van der Waals surface area contributed by atoms with Crippen LogP contribution >= 0.6 is 23.7 Å². The SMILES string of the molecule is Cc1cc2sc(C)c(C)c2c(C)n1.Cl. The zero-order chi connectivity index (χ0) is 9.59. The van der Waals surface area contributed by atoms with Gasteiger partial charge in [-0.25, -0.2) is 0 Å². The van der Waals surface area contributed by atoms with Crippen LogP contribution in [0.3, 0.4) is 0 Å². The molecule has 0 N–H and O–H groups in total. The van der Waals surface area contributed by atoms with Gasteiger partial charge in [0.2, 0.25) is 0 Å². The summed E-state index contributed by atoms with van der Waals surface area (Å²) >= 11 is 1.87. The number of rotatable bonds is 0. The summed E-state index contributed by atoms with van der Waals surface area (Å²) in [5.41, 5.74) is 3.67. The molecule has 0 saturated carbocycles. The first-order valence-corrected chi connectivity index (χ1v) is 5.25. The molecule has 0 radical (unpaired) electrons. The normalized spacial score (nSPS) is 10.3. The van der Waals surface area contributed by atoms with E-state index in [1.807, 2.05) is 11.3 Å². The Morgan fingerprint density at radius 2 is 1.79 bits per heavy atom. The molecule has 0 atom stereocenters. The van der Waals surface area contributed by atoms with Crippen LogP contribution in [0.25, 0.3) is 10.1 Å². The van der Waals surface area contributed by atoms with Crippen molar-refractivity contribution in [3.05, 3.63) is 27.9 Å². The number of thiophene rings is 1. The van der Waals surface area contributed by atoms with Gasteiger partial charge in [0.1, 0.15) is 0 Å². The Balaban J connectivity index is 0.000000980. The largest absolute Gasteiger partial charge is 0.258 e. The molecule has 0 aliphatic rings. The molecular formula is C11H14ClNS. The average molecular weight is 228 g/mol. The van der Waals surface area contributed by atoms with Crippen LogP contribution in [0.15, 0.2) is 6.07 Å². The Morgan fingerprint density at radius 3 is 2.43 bits per heavy atom. The van der Waals surface area contributed by atoms with Gasteiger partial charge in [0.05, 0.1) is 0 Å². The molecule has 0 unspecified atom stereocenters. The first kappa shape index (κ1) is 11.5. The van der Waals surface area contributed by atoms with Crippen molar-refractivity contribution in [2.24, 2.45) is 0 Å². The highest BCUT2D eigenvalue weighted by Gasteiger charge is 2.08. The van der Waals surface area contributed by atoms with Crippen LogP contribution in [-0.2, 0) is 0 Å². The Bertz CT molecular complexity index is 474. The van der Waals surface area contributed by atoms with Crippen molar-refractivity contribution < 1.29 is 0 Å². The predicted molar refractivity (Wildman–Crippen MR) is 65.8 cm³/mol. The van der Waals surface area contributed by atoms with Gasteiger partial charge >= 0.3 is 0 Å². The summed E-state index contributed by atoms with van der Waals surface area (Å²) in [6, 6.07) is 2.17. The van der Waals surface area contributed by atoms with Gasteiger partial charge in [-0.15, -0.1) is 23.7 Å². The molecule has 0 aliphatic carbocycles. The van der Waals surface area contributed by atoms with E-state index >= 15 is 0 Å². The van der Waals surface area contributed by atoms with Crippen LogP contribution in [0.1, 0.15) is 21.8 Å². The molecule has 0 aromatic carbocycles. The number of halogens is 1. The molecular weight excluding hydrogens is 214 g/mol. The van der Waals surface area contributed by atoms with E-state index in [9.17, 15) is 0 Å². The van der Waals surface area contributed by atoms with Crippen LogP contribution < -0.4 is 0 Å². The number of hydrogen-bond acceptors (Lipinski definition) is 2. The second kappa shape index (κ2) is 3.87. The first-order chi connectivity index (χ1) is 6.09. The lowest BCUT2D eigenvalue weighted by Crippen LogP contribution is -1.86. The number of fused-ring (bicyclic) bond motifs is 1. The molecule has 14 heavy (non-hydrogen) atoms. The van der Waals surface area contributed by atoms with Gasteiger partial charge in [-0.1, -0.05) is 0 Å². The fourth-order valence-corrected chi connectivity index (χ4v) is 2.96. The number of aromatic nitrogens is 1. The van der Waals surface area contributed by atoms with Crippen molar-refractivity contribution in [1.29, 1.82) is 0 Å². The maximum atomic E-state index is 4.48. The van der Waals surface area contributed by atoms with Crippen molar-refractivity contribution in [3.8, 4) is 0 Å². The fraction of sp³-hybridized carbons (Fsp3) is 0.364. The van der Waals surface area contributed by atoms with Crippen LogP contribution in [-0.4, -0.2) is 4.98 Å². The molecule has 3 heteroatoms. The monoisotopic (exact) mass is 227 g/mol. The quantitative estimate of drug-likeness (QED) is 0.664. The third kappa shape index (κ3) is 1.64. The van der Waals surface area contributed by atoms with E-state index in [2.05, 4.69) is 38.7 Å². The molecule has 0 aliphatic heterocycles. The lowest BCUT2D eigenvalue weighted by atomic mass is 10.1. The number of nitrogens with zero attached hydrogens (tertiary/aromatic N) is 1. The second-order valence-corrected chi connectivity index (χ2v) is 4.76. The molecule has 0 spiro atoms. The van der Waals surface area contributed by atoms with E-state index in [0.29, 0.717) is 0 Å². The van der Waals surface area contributed by atoms with Crippen molar-refractivity contribution in [3.63, 3.8) is 0 Å². The molecule has 2 aromatic heterocycles. The van der Waals surface area contributed by atoms with Crippen molar-refractivity contribution in [2.45, 2.75) is 27.7 Å². The van der Waals surface area contributed by atoms with Gasteiger partial charge in [-0.3, -0.25) is 4.98 Å². The highest BCUT2D eigenvalue weighted by molar-refractivity contribution is 7.19. The van der Waals surface area contributed by atoms with E-state index in [-0.39, 0.29) is 12.4 Å². The van der Waals surface area contributed by atoms with Crippen LogP contribution in [0.4, 0.5) is 0 Å². The van der Waals surface area contributed by atoms with Crippen molar-refractivity contribution >= 4 is 33.8 Å². The Labute approximate surface area is 94.6 Å². The van der Waals surface area contributed by atoms with Gasteiger partial charge in [-0.2, -0.15) is 0 Å². The molecule has 76 valence electrons. The average Bonchev–Trinajstić information content (AvgIpc) is 2.27. The summed E-state index contributed by atoms with van der Waals surface area (Å²) in [6.07, 6.45) is 0. The van der Waals surface area contributed by atoms with Crippen molar-refractivity contribution in [2.75, 3.05) is 0 Å². The minimum Gasteiger partial charge on any atom is -0.258 e. The molecule has 0 saturated heterocycles. The molecule has 0 fully saturated rings. The molecule has 0 amide bonds. The third-order valence-corrected chi connectivity index (χ3v) is 3.61. The van der Waals surface area contributed by atoms with Gasteiger partial charge in [-0.05, 0) is 39.3 Å². The summed E-state index contributed by atoms with van der Waals surface area (Å²) < 4.78 is 1.38. The maximum absolute atomic E-state index is 4.48. The number of hydrogen-bond donors (Lipinski definition) is 0. The zero-order valence-electron chi connectivity index (χ0n) is 8.84. The van der Waals surface area contributed by atoms with Gasteiger partial charge in [0.15, 0.2) is 0 Å². The van der Waals surface area contributed by atoms with E-state index in [0.717, 1.165) is 11.4 Å². The smallest absolute Gasteiger partial charge is 0.0465 e. The maximum Gasteiger partial charge on any atom is 0.0465 e. The van der Waals surface area contributed by atoms with Crippen molar-refractivity contribution in [1.82, 2.24) is 4.98 Å². The van der Waals surface area contributed by atoms with E-state index in [4.69, 9.17) is 0 Å². The third-order valence-electron chi connectivity index (χ3n) is 2.46. The van der Waals surface area contributed by atoms with Crippen LogP contribution in [0, 0.1) is 27.7 Å². The minimum absolute atomic E-state index is 0. The van der Waals surface area contributed by atoms with E-state index < -0.39 is 0 Å². The lowest BCUT2D eigenvalue weighted by molar-refractivity contribution is 1.15. The number of aryl methyl sites for hydroxylation is 4. The Kier molecular flexibility index (Phi) is 3.17. The highest BCUT2D eigenvalue weighted by atomic mass is 35.5. The van der Waals surface area contributed by atoms with Gasteiger partial charge in [0, 0.05) is 26.4 Å². The highest BCUT2D eigenvalue weighted by Crippen LogP contribution is 2.31. The molecule has 0 bridgehead atoms. The molecule has 2 heterocycles. The van der Waals surface area contributed by atoms with E-state index in [1.165, 1.54) is 20.5 Å². The minimum atomic E-state index is 0. The first-order valence-electron chi connectivity index (χ1n) is 4.43.